The lowest BCUT2D eigenvalue weighted by molar-refractivity contribution is -0.384. The number of carbonyl (C=O) groups excluding carboxylic acids is 1. The normalized spacial score (nSPS) is 10.8. The molecule has 1 heterocycles. The van der Waals surface area contributed by atoms with Crippen LogP contribution in [-0.4, -0.2) is 10.8 Å². The van der Waals surface area contributed by atoms with E-state index in [1.165, 1.54) is 24.3 Å². The first-order chi connectivity index (χ1) is 13.0. The van der Waals surface area contributed by atoms with E-state index in [1.54, 1.807) is 12.1 Å². The highest BCUT2D eigenvalue weighted by atomic mass is 16.6. The number of anilines is 1. The highest BCUT2D eigenvalue weighted by Crippen LogP contribution is 2.26. The molecule has 0 aliphatic carbocycles. The molecule has 3 aromatic carbocycles. The van der Waals surface area contributed by atoms with E-state index in [0.717, 1.165) is 10.8 Å². The SMILES string of the molecule is O=C(Nc1cc2c(ccc3ccccc32)oc1=O)c1ccc([N+](=O)[O-])cc1. The number of carbonyl (C=O) groups is 1. The van der Waals surface area contributed by atoms with Gasteiger partial charge in [0.25, 0.3) is 11.6 Å². The predicted molar refractivity (Wildman–Crippen MR) is 101 cm³/mol. The van der Waals surface area contributed by atoms with Crippen LogP contribution in [0.5, 0.6) is 0 Å². The van der Waals surface area contributed by atoms with E-state index in [9.17, 15) is 19.7 Å². The van der Waals surface area contributed by atoms with Gasteiger partial charge in [-0.2, -0.15) is 0 Å². The Bertz CT molecular complexity index is 1260. The van der Waals surface area contributed by atoms with Crippen molar-refractivity contribution in [1.82, 2.24) is 0 Å². The van der Waals surface area contributed by atoms with Gasteiger partial charge in [0.2, 0.25) is 0 Å². The van der Waals surface area contributed by atoms with Crippen molar-refractivity contribution in [3.05, 3.63) is 92.8 Å². The van der Waals surface area contributed by atoms with Crippen LogP contribution in [0.1, 0.15) is 10.4 Å². The van der Waals surface area contributed by atoms with Crippen LogP contribution in [0.15, 0.2) is 75.9 Å². The first-order valence-electron chi connectivity index (χ1n) is 8.04. The van der Waals surface area contributed by atoms with Gasteiger partial charge in [-0.25, -0.2) is 4.79 Å². The number of nitrogens with one attached hydrogen (secondary N) is 1. The van der Waals surface area contributed by atoms with Crippen molar-refractivity contribution in [1.29, 1.82) is 0 Å². The Hall–Kier alpha value is -4.00. The van der Waals surface area contributed by atoms with Crippen LogP contribution in [0.2, 0.25) is 0 Å². The largest absolute Gasteiger partial charge is 0.421 e. The second-order valence-electron chi connectivity index (χ2n) is 5.90. The number of non-ortho nitro benzene ring substituents is 1. The summed E-state index contributed by atoms with van der Waals surface area (Å²) in [7, 11) is 0. The molecule has 7 heteroatoms. The topological polar surface area (TPSA) is 102 Å². The van der Waals surface area contributed by atoms with Gasteiger partial charge in [-0.3, -0.25) is 14.9 Å². The van der Waals surface area contributed by atoms with Crippen molar-refractivity contribution >= 4 is 39.0 Å². The highest BCUT2D eigenvalue weighted by Gasteiger charge is 2.13. The summed E-state index contributed by atoms with van der Waals surface area (Å²) in [6.07, 6.45) is 0. The van der Waals surface area contributed by atoms with Crippen molar-refractivity contribution in [2.24, 2.45) is 0 Å². The van der Waals surface area contributed by atoms with Gasteiger partial charge in [-0.1, -0.05) is 30.3 Å². The molecule has 27 heavy (non-hydrogen) atoms. The third-order valence-electron chi connectivity index (χ3n) is 4.23. The monoisotopic (exact) mass is 360 g/mol. The van der Waals surface area contributed by atoms with Crippen LogP contribution in [0.3, 0.4) is 0 Å². The maximum Gasteiger partial charge on any atom is 0.360 e. The van der Waals surface area contributed by atoms with Gasteiger partial charge in [0.15, 0.2) is 0 Å². The first kappa shape index (κ1) is 16.5. The smallest absolute Gasteiger partial charge is 0.360 e. The Balaban J connectivity index is 1.73. The van der Waals surface area contributed by atoms with Crippen LogP contribution in [0, 0.1) is 10.1 Å². The molecule has 0 aliphatic rings. The van der Waals surface area contributed by atoms with E-state index in [2.05, 4.69) is 5.32 Å². The number of amides is 1. The summed E-state index contributed by atoms with van der Waals surface area (Å²) in [6, 6.07) is 17.9. The van der Waals surface area contributed by atoms with Crippen LogP contribution in [0.4, 0.5) is 11.4 Å². The Morgan fingerprint density at radius 1 is 0.963 bits per heavy atom. The molecule has 0 saturated carbocycles. The van der Waals surface area contributed by atoms with Crippen molar-refractivity contribution in [3.63, 3.8) is 0 Å². The molecule has 0 spiro atoms. The number of nitrogens with zero attached hydrogens (tertiary/aromatic N) is 1. The number of nitro benzene ring substituents is 1. The lowest BCUT2D eigenvalue weighted by Crippen LogP contribution is -2.17. The summed E-state index contributed by atoms with van der Waals surface area (Å²) in [5.41, 5.74) is -0.177. The van der Waals surface area contributed by atoms with Gasteiger partial charge in [0.05, 0.1) is 4.92 Å². The molecule has 0 bridgehead atoms. The van der Waals surface area contributed by atoms with Crippen LogP contribution in [-0.2, 0) is 0 Å². The standard InChI is InChI=1S/C20H12N2O5/c23-19(13-5-8-14(9-6-13)22(25)26)21-17-11-16-15-4-2-1-3-12(15)7-10-18(16)27-20(17)24/h1-11H,(H,21,23). The molecule has 1 amide bonds. The molecule has 1 N–H and O–H groups in total. The quantitative estimate of drug-likeness (QED) is 0.256. The zero-order chi connectivity index (χ0) is 19.0. The summed E-state index contributed by atoms with van der Waals surface area (Å²) in [5.74, 6) is -0.559. The van der Waals surface area contributed by atoms with Gasteiger partial charge < -0.3 is 9.73 Å². The van der Waals surface area contributed by atoms with E-state index in [0.29, 0.717) is 11.0 Å². The fraction of sp³-hybridized carbons (Fsp3) is 0. The number of nitro groups is 1. The molecular weight excluding hydrogens is 348 g/mol. The fourth-order valence-electron chi connectivity index (χ4n) is 2.89. The second-order valence-corrected chi connectivity index (χ2v) is 5.90. The Kier molecular flexibility index (Phi) is 3.89. The van der Waals surface area contributed by atoms with Crippen molar-refractivity contribution in [3.8, 4) is 0 Å². The van der Waals surface area contributed by atoms with E-state index < -0.39 is 16.5 Å². The zero-order valence-electron chi connectivity index (χ0n) is 13.8. The van der Waals surface area contributed by atoms with Gasteiger partial charge in [-0.15, -0.1) is 0 Å². The van der Waals surface area contributed by atoms with Crippen molar-refractivity contribution < 1.29 is 14.1 Å². The van der Waals surface area contributed by atoms with E-state index in [4.69, 9.17) is 4.42 Å². The molecule has 7 nitrogen and oxygen atoms in total. The number of benzene rings is 3. The maximum atomic E-state index is 12.4. The molecular formula is C20H12N2O5. The molecule has 0 radical (unpaired) electrons. The van der Waals surface area contributed by atoms with Crippen molar-refractivity contribution in [2.45, 2.75) is 0 Å². The number of hydrogen-bond acceptors (Lipinski definition) is 5. The molecule has 1 aromatic heterocycles. The third-order valence-corrected chi connectivity index (χ3v) is 4.23. The molecule has 0 aliphatic heterocycles. The molecule has 0 fully saturated rings. The summed E-state index contributed by atoms with van der Waals surface area (Å²) in [6.45, 7) is 0. The van der Waals surface area contributed by atoms with Gasteiger partial charge in [-0.05, 0) is 35.0 Å². The van der Waals surface area contributed by atoms with E-state index >= 15 is 0 Å². The number of hydrogen-bond donors (Lipinski definition) is 1. The molecule has 0 saturated heterocycles. The molecule has 4 rings (SSSR count). The minimum atomic E-state index is -0.673. The van der Waals surface area contributed by atoms with Crippen molar-refractivity contribution in [2.75, 3.05) is 5.32 Å². The predicted octanol–water partition coefficient (Wildman–Crippen LogP) is 4.11. The van der Waals surface area contributed by atoms with Gasteiger partial charge in [0.1, 0.15) is 11.3 Å². The molecule has 132 valence electrons. The van der Waals surface area contributed by atoms with Gasteiger partial charge >= 0.3 is 5.63 Å². The zero-order valence-corrected chi connectivity index (χ0v) is 13.8. The minimum absolute atomic E-state index is 0.00204. The average Bonchev–Trinajstić information content (AvgIpc) is 2.68. The lowest BCUT2D eigenvalue weighted by atomic mass is 10.1. The highest BCUT2D eigenvalue weighted by molar-refractivity contribution is 6.08. The first-order valence-corrected chi connectivity index (χ1v) is 8.04. The van der Waals surface area contributed by atoms with Crippen LogP contribution in [0.25, 0.3) is 21.7 Å². The average molecular weight is 360 g/mol. The Morgan fingerprint density at radius 3 is 2.44 bits per heavy atom. The van der Waals surface area contributed by atoms with Crippen LogP contribution < -0.4 is 10.9 Å². The second kappa shape index (κ2) is 6.38. The number of rotatable bonds is 3. The molecule has 0 atom stereocenters. The summed E-state index contributed by atoms with van der Waals surface area (Å²) in [4.78, 5) is 34.7. The lowest BCUT2D eigenvalue weighted by Gasteiger charge is -2.07. The Morgan fingerprint density at radius 2 is 1.70 bits per heavy atom. The third kappa shape index (κ3) is 3.02. The molecule has 0 unspecified atom stereocenters. The summed E-state index contributed by atoms with van der Waals surface area (Å²) < 4.78 is 5.33. The Labute approximate surface area is 152 Å². The minimum Gasteiger partial charge on any atom is -0.421 e. The summed E-state index contributed by atoms with van der Waals surface area (Å²) in [5, 5.41) is 15.8. The van der Waals surface area contributed by atoms with E-state index in [1.807, 2.05) is 30.3 Å². The van der Waals surface area contributed by atoms with Gasteiger partial charge in [0, 0.05) is 23.1 Å². The number of fused-ring (bicyclic) bond motifs is 3. The van der Waals surface area contributed by atoms with E-state index in [-0.39, 0.29) is 16.9 Å². The maximum absolute atomic E-state index is 12.4. The molecule has 4 aromatic rings. The fourth-order valence-corrected chi connectivity index (χ4v) is 2.89. The summed E-state index contributed by atoms with van der Waals surface area (Å²) >= 11 is 0. The van der Waals surface area contributed by atoms with Crippen LogP contribution >= 0.6 is 0 Å².